The van der Waals surface area contributed by atoms with Gasteiger partial charge >= 0.3 is 0 Å². The summed E-state index contributed by atoms with van der Waals surface area (Å²) in [5, 5.41) is 9.33. The second kappa shape index (κ2) is 4.88. The van der Waals surface area contributed by atoms with Crippen molar-refractivity contribution in [2.75, 3.05) is 18.5 Å². The summed E-state index contributed by atoms with van der Waals surface area (Å²) in [6.45, 7) is 9.10. The van der Waals surface area contributed by atoms with Crippen molar-refractivity contribution in [3.05, 3.63) is 29.8 Å². The summed E-state index contributed by atoms with van der Waals surface area (Å²) < 4.78 is 0. The summed E-state index contributed by atoms with van der Waals surface area (Å²) in [4.78, 5) is 2.07. The van der Waals surface area contributed by atoms with Gasteiger partial charge in [-0.2, -0.15) is 0 Å². The van der Waals surface area contributed by atoms with E-state index in [-0.39, 0.29) is 11.5 Å². The van der Waals surface area contributed by atoms with Crippen molar-refractivity contribution in [1.82, 2.24) is 0 Å². The normalized spacial score (nSPS) is 13.6. The molecule has 0 spiro atoms. The minimum absolute atomic E-state index is 0.196. The molecule has 2 heteroatoms. The first-order valence-corrected chi connectivity index (χ1v) is 5.80. The van der Waals surface area contributed by atoms with Crippen LogP contribution in [0.5, 0.6) is 0 Å². The van der Waals surface area contributed by atoms with E-state index in [0.717, 1.165) is 5.69 Å². The first-order chi connectivity index (χ1) is 7.30. The fourth-order valence-corrected chi connectivity index (χ4v) is 1.72. The van der Waals surface area contributed by atoms with Crippen LogP contribution in [0.3, 0.4) is 0 Å². The van der Waals surface area contributed by atoms with Gasteiger partial charge in [0.05, 0.1) is 6.10 Å². The standard InChI is InChI=1S/C14H23NO/c1-11(16)10-15(5)13-8-6-12(7-9-13)14(2,3)4/h6-9,11,16H,10H2,1-5H3. The van der Waals surface area contributed by atoms with Crippen molar-refractivity contribution < 1.29 is 5.11 Å². The molecule has 0 saturated heterocycles. The van der Waals surface area contributed by atoms with Crippen LogP contribution in [0.25, 0.3) is 0 Å². The Morgan fingerprint density at radius 1 is 1.19 bits per heavy atom. The molecule has 1 aromatic rings. The van der Waals surface area contributed by atoms with Crippen LogP contribution in [0, 0.1) is 0 Å². The van der Waals surface area contributed by atoms with Gasteiger partial charge in [0.25, 0.3) is 0 Å². The van der Waals surface area contributed by atoms with E-state index in [1.807, 2.05) is 7.05 Å². The predicted molar refractivity (Wildman–Crippen MR) is 70.1 cm³/mol. The molecule has 1 atom stereocenters. The molecule has 0 radical (unpaired) electrons. The molecule has 1 rings (SSSR count). The zero-order valence-electron chi connectivity index (χ0n) is 11.0. The van der Waals surface area contributed by atoms with Gasteiger partial charge in [-0.3, -0.25) is 0 Å². The smallest absolute Gasteiger partial charge is 0.0686 e. The van der Waals surface area contributed by atoms with Gasteiger partial charge in [0.1, 0.15) is 0 Å². The van der Waals surface area contributed by atoms with Crippen molar-refractivity contribution in [1.29, 1.82) is 0 Å². The van der Waals surface area contributed by atoms with Crippen LogP contribution >= 0.6 is 0 Å². The Labute approximate surface area is 98.9 Å². The Morgan fingerprint density at radius 2 is 1.69 bits per heavy atom. The number of benzene rings is 1. The highest BCUT2D eigenvalue weighted by Gasteiger charge is 2.13. The van der Waals surface area contributed by atoms with Crippen LogP contribution in [0.2, 0.25) is 0 Å². The summed E-state index contributed by atoms with van der Waals surface area (Å²) in [5.41, 5.74) is 2.68. The third-order valence-corrected chi connectivity index (χ3v) is 2.71. The third-order valence-electron chi connectivity index (χ3n) is 2.71. The molecular weight excluding hydrogens is 198 g/mol. The van der Waals surface area contributed by atoms with Gasteiger partial charge in [0.2, 0.25) is 0 Å². The number of likely N-dealkylation sites (N-methyl/N-ethyl adjacent to an activating group) is 1. The lowest BCUT2D eigenvalue weighted by Crippen LogP contribution is -2.26. The fraction of sp³-hybridized carbons (Fsp3) is 0.571. The highest BCUT2D eigenvalue weighted by Crippen LogP contribution is 2.24. The van der Waals surface area contributed by atoms with Crippen LogP contribution in [-0.4, -0.2) is 24.8 Å². The van der Waals surface area contributed by atoms with E-state index in [4.69, 9.17) is 0 Å². The molecule has 16 heavy (non-hydrogen) atoms. The van der Waals surface area contributed by atoms with Gasteiger partial charge in [-0.1, -0.05) is 32.9 Å². The molecule has 1 aromatic carbocycles. The molecule has 0 aliphatic carbocycles. The highest BCUT2D eigenvalue weighted by molar-refractivity contribution is 5.47. The van der Waals surface area contributed by atoms with Crippen molar-refractivity contribution >= 4 is 5.69 Å². The Bertz CT molecular complexity index is 322. The van der Waals surface area contributed by atoms with Crippen LogP contribution in [-0.2, 0) is 5.41 Å². The number of anilines is 1. The van der Waals surface area contributed by atoms with Crippen LogP contribution in [0.4, 0.5) is 5.69 Å². The van der Waals surface area contributed by atoms with E-state index in [9.17, 15) is 5.11 Å². The quantitative estimate of drug-likeness (QED) is 0.848. The van der Waals surface area contributed by atoms with E-state index < -0.39 is 0 Å². The van der Waals surface area contributed by atoms with Crippen LogP contribution in [0.1, 0.15) is 33.3 Å². The largest absolute Gasteiger partial charge is 0.392 e. The highest BCUT2D eigenvalue weighted by atomic mass is 16.3. The predicted octanol–water partition coefficient (Wildman–Crippen LogP) is 2.80. The van der Waals surface area contributed by atoms with E-state index in [0.29, 0.717) is 6.54 Å². The second-order valence-corrected chi connectivity index (χ2v) is 5.53. The van der Waals surface area contributed by atoms with Gasteiger partial charge in [-0.05, 0) is 30.0 Å². The zero-order chi connectivity index (χ0) is 12.3. The molecule has 0 fully saturated rings. The number of rotatable bonds is 3. The summed E-state index contributed by atoms with van der Waals surface area (Å²) in [6, 6.07) is 8.55. The topological polar surface area (TPSA) is 23.5 Å². The summed E-state index contributed by atoms with van der Waals surface area (Å²) >= 11 is 0. The fourth-order valence-electron chi connectivity index (χ4n) is 1.72. The van der Waals surface area contributed by atoms with E-state index in [2.05, 4.69) is 49.9 Å². The number of aliphatic hydroxyl groups is 1. The van der Waals surface area contributed by atoms with E-state index >= 15 is 0 Å². The average molecular weight is 221 g/mol. The SMILES string of the molecule is CC(O)CN(C)c1ccc(C(C)(C)C)cc1. The maximum Gasteiger partial charge on any atom is 0.0686 e. The lowest BCUT2D eigenvalue weighted by molar-refractivity contribution is 0.201. The molecule has 0 heterocycles. The number of aliphatic hydroxyl groups excluding tert-OH is 1. The van der Waals surface area contributed by atoms with Gasteiger partial charge in [-0.15, -0.1) is 0 Å². The lowest BCUT2D eigenvalue weighted by Gasteiger charge is -2.23. The summed E-state index contributed by atoms with van der Waals surface area (Å²) in [7, 11) is 2.00. The first-order valence-electron chi connectivity index (χ1n) is 5.80. The molecule has 2 nitrogen and oxygen atoms in total. The zero-order valence-corrected chi connectivity index (χ0v) is 11.0. The lowest BCUT2D eigenvalue weighted by atomic mass is 9.87. The minimum atomic E-state index is -0.299. The Hall–Kier alpha value is -1.02. The van der Waals surface area contributed by atoms with Crippen molar-refractivity contribution in [2.45, 2.75) is 39.2 Å². The van der Waals surface area contributed by atoms with E-state index in [1.165, 1.54) is 5.56 Å². The van der Waals surface area contributed by atoms with Gasteiger partial charge in [0, 0.05) is 19.3 Å². The maximum absolute atomic E-state index is 9.33. The molecule has 0 aliphatic rings. The van der Waals surface area contributed by atoms with Gasteiger partial charge in [-0.25, -0.2) is 0 Å². The maximum atomic E-state index is 9.33. The molecule has 0 aromatic heterocycles. The Morgan fingerprint density at radius 3 is 2.06 bits per heavy atom. The average Bonchev–Trinajstić information content (AvgIpc) is 2.15. The van der Waals surface area contributed by atoms with Crippen LogP contribution in [0.15, 0.2) is 24.3 Å². The second-order valence-electron chi connectivity index (χ2n) is 5.53. The van der Waals surface area contributed by atoms with Crippen molar-refractivity contribution in [2.24, 2.45) is 0 Å². The number of hydrogen-bond acceptors (Lipinski definition) is 2. The molecule has 90 valence electrons. The Balaban J connectivity index is 2.79. The molecule has 0 amide bonds. The monoisotopic (exact) mass is 221 g/mol. The molecule has 0 aliphatic heterocycles. The molecule has 0 saturated carbocycles. The van der Waals surface area contributed by atoms with Crippen molar-refractivity contribution in [3.8, 4) is 0 Å². The summed E-state index contributed by atoms with van der Waals surface area (Å²) in [5.74, 6) is 0. The molecule has 1 N–H and O–H groups in total. The van der Waals surface area contributed by atoms with Crippen LogP contribution < -0.4 is 4.90 Å². The van der Waals surface area contributed by atoms with E-state index in [1.54, 1.807) is 6.92 Å². The van der Waals surface area contributed by atoms with Crippen molar-refractivity contribution in [3.63, 3.8) is 0 Å². The molecule has 1 unspecified atom stereocenters. The Kier molecular flexibility index (Phi) is 3.98. The molecular formula is C14H23NO. The van der Waals surface area contributed by atoms with Gasteiger partial charge in [0.15, 0.2) is 0 Å². The van der Waals surface area contributed by atoms with Gasteiger partial charge < -0.3 is 10.0 Å². The first kappa shape index (κ1) is 13.0. The number of hydrogen-bond donors (Lipinski definition) is 1. The summed E-state index contributed by atoms with van der Waals surface area (Å²) in [6.07, 6.45) is -0.299. The minimum Gasteiger partial charge on any atom is -0.392 e. The molecule has 0 bridgehead atoms. The third kappa shape index (κ3) is 3.53. The number of nitrogens with zero attached hydrogens (tertiary/aromatic N) is 1.